The van der Waals surface area contributed by atoms with E-state index in [-0.39, 0.29) is 12.5 Å². The van der Waals surface area contributed by atoms with Crippen LogP contribution < -0.4 is 0 Å². The van der Waals surface area contributed by atoms with E-state index in [0.717, 1.165) is 0 Å². The Kier molecular flexibility index (Phi) is 3.63. The van der Waals surface area contributed by atoms with Crippen LogP contribution in [0.3, 0.4) is 0 Å². The second-order valence-corrected chi connectivity index (χ2v) is 3.30. The van der Waals surface area contributed by atoms with Crippen molar-refractivity contribution in [2.75, 3.05) is 13.7 Å². The number of methoxy groups -OCH3 is 1. The molecule has 1 fully saturated rings. The molecule has 0 radical (unpaired) electrons. The van der Waals surface area contributed by atoms with Gasteiger partial charge in [-0.05, 0) is 0 Å². The molecule has 1 heterocycles. The summed E-state index contributed by atoms with van der Waals surface area (Å²) >= 11 is 0. The topological polar surface area (TPSA) is 79.2 Å². The van der Waals surface area contributed by atoms with Crippen LogP contribution in [0.15, 0.2) is 0 Å². The van der Waals surface area contributed by atoms with E-state index in [4.69, 9.17) is 14.6 Å². The van der Waals surface area contributed by atoms with Crippen LogP contribution in [0.4, 0.5) is 0 Å². The Morgan fingerprint density at radius 1 is 1.31 bits per heavy atom. The van der Waals surface area contributed by atoms with E-state index in [0.29, 0.717) is 0 Å². The highest BCUT2D eigenvalue weighted by molar-refractivity contribution is 4.86. The highest BCUT2D eigenvalue weighted by atomic mass is 16.7. The predicted molar refractivity (Wildman–Crippen MR) is 43.9 cm³/mol. The van der Waals surface area contributed by atoms with E-state index in [1.54, 1.807) is 6.92 Å². The van der Waals surface area contributed by atoms with Gasteiger partial charge >= 0.3 is 0 Å². The van der Waals surface area contributed by atoms with E-state index in [9.17, 15) is 10.2 Å². The Labute approximate surface area is 76.9 Å². The maximum absolute atomic E-state index is 9.53. The molecule has 1 aliphatic rings. The van der Waals surface area contributed by atoms with Gasteiger partial charge in [0, 0.05) is 13.0 Å². The van der Waals surface area contributed by atoms with Crippen LogP contribution in [0.5, 0.6) is 0 Å². The quantitative estimate of drug-likeness (QED) is 0.507. The number of hydrogen-bond acceptors (Lipinski definition) is 5. The van der Waals surface area contributed by atoms with Gasteiger partial charge in [-0.25, -0.2) is 0 Å². The summed E-state index contributed by atoms with van der Waals surface area (Å²) in [4.78, 5) is 0. The zero-order valence-corrected chi connectivity index (χ0v) is 7.75. The first kappa shape index (κ1) is 10.9. The van der Waals surface area contributed by atoms with Crippen LogP contribution in [0.25, 0.3) is 0 Å². The zero-order valence-electron chi connectivity index (χ0n) is 7.75. The molecule has 0 amide bonds. The molecule has 0 aromatic carbocycles. The van der Waals surface area contributed by atoms with Gasteiger partial charge < -0.3 is 24.8 Å². The lowest BCUT2D eigenvalue weighted by molar-refractivity contribution is -0.280. The number of aliphatic hydroxyl groups is 3. The van der Waals surface area contributed by atoms with Crippen LogP contribution in [-0.4, -0.2) is 53.6 Å². The third-order valence-corrected chi connectivity index (χ3v) is 2.46. The molecule has 0 saturated carbocycles. The summed E-state index contributed by atoms with van der Waals surface area (Å²) in [6.07, 6.45) is -3.16. The monoisotopic (exact) mass is 192 g/mol. The number of ether oxygens (including phenoxy) is 2. The lowest BCUT2D eigenvalue weighted by atomic mass is 9.91. The minimum Gasteiger partial charge on any atom is -0.394 e. The SMILES string of the molecule is CO[C@H]1O[C@H](CO)[C@@H](O)[C@H](C)[C@@H]1O. The Morgan fingerprint density at radius 2 is 1.92 bits per heavy atom. The minimum absolute atomic E-state index is 0.280. The van der Waals surface area contributed by atoms with E-state index in [2.05, 4.69) is 0 Å². The smallest absolute Gasteiger partial charge is 0.183 e. The molecule has 1 rings (SSSR count). The average Bonchev–Trinajstić information content (AvgIpc) is 2.15. The van der Waals surface area contributed by atoms with E-state index in [1.165, 1.54) is 7.11 Å². The summed E-state index contributed by atoms with van der Waals surface area (Å²) in [5.74, 6) is -0.365. The molecular formula is C8H16O5. The molecule has 5 heteroatoms. The van der Waals surface area contributed by atoms with E-state index >= 15 is 0 Å². The molecule has 0 aromatic rings. The third kappa shape index (κ3) is 2.00. The summed E-state index contributed by atoms with van der Waals surface area (Å²) in [6, 6.07) is 0. The van der Waals surface area contributed by atoms with Crippen molar-refractivity contribution in [1.29, 1.82) is 0 Å². The van der Waals surface area contributed by atoms with Crippen molar-refractivity contribution in [2.45, 2.75) is 31.5 Å². The number of hydrogen-bond donors (Lipinski definition) is 3. The molecule has 3 N–H and O–H groups in total. The van der Waals surface area contributed by atoms with Gasteiger partial charge in [-0.2, -0.15) is 0 Å². The predicted octanol–water partition coefficient (Wildman–Crippen LogP) is -1.29. The van der Waals surface area contributed by atoms with Crippen LogP contribution in [0.2, 0.25) is 0 Å². The Morgan fingerprint density at radius 3 is 2.38 bits per heavy atom. The molecule has 0 aromatic heterocycles. The largest absolute Gasteiger partial charge is 0.394 e. The molecule has 0 aliphatic carbocycles. The van der Waals surface area contributed by atoms with Crippen molar-refractivity contribution in [3.63, 3.8) is 0 Å². The fourth-order valence-corrected chi connectivity index (χ4v) is 1.47. The first-order chi connectivity index (χ1) is 6.11. The summed E-state index contributed by atoms with van der Waals surface area (Å²) in [5, 5.41) is 27.9. The molecule has 78 valence electrons. The van der Waals surface area contributed by atoms with Gasteiger partial charge in [0.05, 0.1) is 12.7 Å². The molecule has 5 nitrogen and oxygen atoms in total. The fraction of sp³-hybridized carbons (Fsp3) is 1.00. The van der Waals surface area contributed by atoms with E-state index in [1.807, 2.05) is 0 Å². The third-order valence-electron chi connectivity index (χ3n) is 2.46. The number of aliphatic hydroxyl groups excluding tert-OH is 3. The van der Waals surface area contributed by atoms with E-state index < -0.39 is 24.6 Å². The first-order valence-corrected chi connectivity index (χ1v) is 4.27. The fourth-order valence-electron chi connectivity index (χ4n) is 1.47. The van der Waals surface area contributed by atoms with Gasteiger partial charge in [0.1, 0.15) is 12.2 Å². The van der Waals surface area contributed by atoms with Crippen LogP contribution in [-0.2, 0) is 9.47 Å². The maximum atomic E-state index is 9.53. The van der Waals surface area contributed by atoms with Crippen LogP contribution in [0.1, 0.15) is 6.92 Å². The number of rotatable bonds is 2. The highest BCUT2D eigenvalue weighted by Crippen LogP contribution is 2.25. The Balaban J connectivity index is 2.66. The molecule has 0 bridgehead atoms. The minimum atomic E-state index is -0.859. The van der Waals surface area contributed by atoms with Crippen molar-refractivity contribution in [3.8, 4) is 0 Å². The van der Waals surface area contributed by atoms with Gasteiger partial charge in [0.15, 0.2) is 6.29 Å². The van der Waals surface area contributed by atoms with Gasteiger partial charge in [-0.3, -0.25) is 0 Å². The maximum Gasteiger partial charge on any atom is 0.183 e. The van der Waals surface area contributed by atoms with Crippen LogP contribution >= 0.6 is 0 Å². The van der Waals surface area contributed by atoms with Gasteiger partial charge in [0.25, 0.3) is 0 Å². The van der Waals surface area contributed by atoms with Crippen molar-refractivity contribution < 1.29 is 24.8 Å². The summed E-state index contributed by atoms with van der Waals surface area (Å²) in [7, 11) is 1.41. The summed E-state index contributed by atoms with van der Waals surface area (Å²) in [6.45, 7) is 1.41. The standard InChI is InChI=1S/C8H16O5/c1-4-6(10)5(3-9)13-8(12-2)7(4)11/h4-11H,3H2,1-2H3/t4-,5+,6-,7-,8-/m0/s1. The van der Waals surface area contributed by atoms with Gasteiger partial charge in [-0.15, -0.1) is 0 Å². The second-order valence-electron chi connectivity index (χ2n) is 3.30. The second kappa shape index (κ2) is 4.34. The van der Waals surface area contributed by atoms with Crippen molar-refractivity contribution in [3.05, 3.63) is 0 Å². The molecule has 0 spiro atoms. The normalized spacial score (nSPS) is 46.4. The van der Waals surface area contributed by atoms with Gasteiger partial charge in [0.2, 0.25) is 0 Å². The van der Waals surface area contributed by atoms with Gasteiger partial charge in [-0.1, -0.05) is 6.92 Å². The molecular weight excluding hydrogens is 176 g/mol. The highest BCUT2D eigenvalue weighted by Gasteiger charge is 2.41. The molecule has 1 aliphatic heterocycles. The lowest BCUT2D eigenvalue weighted by Gasteiger charge is -2.40. The lowest BCUT2D eigenvalue weighted by Crippen LogP contribution is -2.54. The molecule has 0 unspecified atom stereocenters. The van der Waals surface area contributed by atoms with Crippen molar-refractivity contribution in [1.82, 2.24) is 0 Å². The Hall–Kier alpha value is -0.200. The first-order valence-electron chi connectivity index (χ1n) is 4.27. The molecule has 13 heavy (non-hydrogen) atoms. The average molecular weight is 192 g/mol. The summed E-state index contributed by atoms with van der Waals surface area (Å²) < 4.78 is 9.97. The van der Waals surface area contributed by atoms with Crippen molar-refractivity contribution in [2.24, 2.45) is 5.92 Å². The zero-order chi connectivity index (χ0) is 10.0. The molecule has 1 saturated heterocycles. The van der Waals surface area contributed by atoms with Crippen molar-refractivity contribution >= 4 is 0 Å². The molecule has 5 atom stereocenters. The Bertz CT molecular complexity index is 143. The summed E-state index contributed by atoms with van der Waals surface area (Å²) in [5.41, 5.74) is 0. The van der Waals surface area contributed by atoms with Crippen LogP contribution in [0, 0.1) is 5.92 Å².